The molecule has 0 rings (SSSR count). The van der Waals surface area contributed by atoms with Gasteiger partial charge in [0.2, 0.25) is 0 Å². The van der Waals surface area contributed by atoms with Gasteiger partial charge in [0.15, 0.2) is 0 Å². The molecule has 0 unspecified atom stereocenters. The Kier molecular flexibility index (Phi) is 10.8. The maximum atomic E-state index is 12.1. The summed E-state index contributed by atoms with van der Waals surface area (Å²) in [5.41, 5.74) is 0. The minimum atomic E-state index is -2.95. The zero-order valence-electron chi connectivity index (χ0n) is 12.1. The number of esters is 1. The fraction of sp³-hybridized carbons (Fsp3) is 0.769. The highest BCUT2D eigenvalue weighted by Crippen LogP contribution is 2.47. The first-order valence-electron chi connectivity index (χ1n) is 6.70. The normalized spacial score (nSPS) is 11.9. The van der Waals surface area contributed by atoms with Crippen LogP contribution in [0.25, 0.3) is 0 Å². The molecule has 0 atom stereocenters. The van der Waals surface area contributed by atoms with Crippen LogP contribution < -0.4 is 0 Å². The summed E-state index contributed by atoms with van der Waals surface area (Å²) < 4.78 is 27.2. The molecule has 0 heterocycles. The lowest BCUT2D eigenvalue weighted by atomic mass is 10.2. The van der Waals surface area contributed by atoms with Gasteiger partial charge in [-0.3, -0.25) is 9.36 Å². The Hall–Kier alpha value is -0.640. The average Bonchev–Trinajstić information content (AvgIpc) is 2.33. The first-order chi connectivity index (χ1) is 9.04. The molecule has 0 saturated heterocycles. The number of rotatable bonds is 11. The molecule has 0 saturated carbocycles. The molecule has 0 bridgehead atoms. The minimum Gasteiger partial charge on any atom is -0.466 e. The van der Waals surface area contributed by atoms with Crippen molar-refractivity contribution in [2.45, 2.75) is 40.0 Å². The average molecular weight is 292 g/mol. The maximum absolute atomic E-state index is 12.1. The Morgan fingerprint density at radius 3 is 2.26 bits per heavy atom. The predicted molar refractivity (Wildman–Crippen MR) is 75.3 cm³/mol. The van der Waals surface area contributed by atoms with E-state index in [-0.39, 0.29) is 5.97 Å². The van der Waals surface area contributed by atoms with Gasteiger partial charge in [0.1, 0.15) is 0 Å². The number of carbonyl (C=O) groups excluding carboxylic acids is 1. The zero-order valence-corrected chi connectivity index (χ0v) is 13.0. The van der Waals surface area contributed by atoms with Gasteiger partial charge in [0, 0.05) is 6.92 Å². The highest BCUT2D eigenvalue weighted by Gasteiger charge is 2.20. The zero-order chi connectivity index (χ0) is 14.6. The van der Waals surface area contributed by atoms with Gasteiger partial charge >= 0.3 is 13.6 Å². The standard InChI is InChI=1S/C13H25O5P/c1-4-17-19(15,18-5-2)12-10-8-6-7-9-11-16-13(3)14/h8,10H,4-7,9,11-12H2,1-3H3/b10-8+. The van der Waals surface area contributed by atoms with E-state index in [0.717, 1.165) is 19.3 Å². The summed E-state index contributed by atoms with van der Waals surface area (Å²) in [5, 5.41) is 0. The number of hydrogen-bond acceptors (Lipinski definition) is 5. The van der Waals surface area contributed by atoms with Crippen LogP contribution in [-0.4, -0.2) is 32.0 Å². The summed E-state index contributed by atoms with van der Waals surface area (Å²) in [6, 6.07) is 0. The van der Waals surface area contributed by atoms with Gasteiger partial charge in [-0.1, -0.05) is 12.2 Å². The first-order valence-corrected chi connectivity index (χ1v) is 8.43. The number of unbranched alkanes of at least 4 members (excludes halogenated alkanes) is 2. The molecule has 0 aliphatic heterocycles. The van der Waals surface area contributed by atoms with E-state index in [1.807, 2.05) is 12.2 Å². The molecule has 0 aromatic heterocycles. The minimum absolute atomic E-state index is 0.245. The summed E-state index contributed by atoms with van der Waals surface area (Å²) in [5.74, 6) is -0.245. The smallest absolute Gasteiger partial charge is 0.334 e. The van der Waals surface area contributed by atoms with Crippen LogP contribution in [0.3, 0.4) is 0 Å². The second-order valence-corrected chi connectivity index (χ2v) is 6.04. The summed E-state index contributed by atoms with van der Waals surface area (Å²) in [6.45, 7) is 6.22. The van der Waals surface area contributed by atoms with Crippen LogP contribution in [0, 0.1) is 0 Å². The summed E-state index contributed by atoms with van der Waals surface area (Å²) in [7, 11) is -2.95. The molecular weight excluding hydrogens is 267 g/mol. The lowest BCUT2D eigenvalue weighted by Crippen LogP contribution is -2.00. The van der Waals surface area contributed by atoms with Crippen LogP contribution in [0.2, 0.25) is 0 Å². The molecule has 0 spiro atoms. The third-order valence-corrected chi connectivity index (χ3v) is 4.18. The van der Waals surface area contributed by atoms with Gasteiger partial charge in [0.05, 0.1) is 26.0 Å². The largest absolute Gasteiger partial charge is 0.466 e. The van der Waals surface area contributed by atoms with Crippen molar-refractivity contribution in [2.75, 3.05) is 26.0 Å². The van der Waals surface area contributed by atoms with E-state index in [4.69, 9.17) is 13.8 Å². The molecule has 6 heteroatoms. The van der Waals surface area contributed by atoms with E-state index in [2.05, 4.69) is 0 Å². The van der Waals surface area contributed by atoms with Crippen molar-refractivity contribution >= 4 is 13.6 Å². The fourth-order valence-electron chi connectivity index (χ4n) is 1.44. The number of allylic oxidation sites excluding steroid dienone is 2. The van der Waals surface area contributed by atoms with Crippen molar-refractivity contribution in [3.05, 3.63) is 12.2 Å². The Balaban J connectivity index is 3.75. The van der Waals surface area contributed by atoms with E-state index in [0.29, 0.717) is 26.0 Å². The Labute approximate surface area is 115 Å². The molecule has 0 N–H and O–H groups in total. The van der Waals surface area contributed by atoms with Gasteiger partial charge in [-0.2, -0.15) is 0 Å². The monoisotopic (exact) mass is 292 g/mol. The van der Waals surface area contributed by atoms with Crippen LogP contribution in [0.5, 0.6) is 0 Å². The van der Waals surface area contributed by atoms with E-state index in [9.17, 15) is 9.36 Å². The highest BCUT2D eigenvalue weighted by molar-refractivity contribution is 7.54. The summed E-state index contributed by atoms with van der Waals surface area (Å²) in [6.07, 6.45) is 6.71. The van der Waals surface area contributed by atoms with Gasteiger partial charge < -0.3 is 13.8 Å². The molecule has 0 radical (unpaired) electrons. The Morgan fingerprint density at radius 2 is 1.74 bits per heavy atom. The predicted octanol–water partition coefficient (Wildman–Crippen LogP) is 3.54. The molecule has 0 aromatic rings. The van der Waals surface area contributed by atoms with Crippen molar-refractivity contribution in [3.63, 3.8) is 0 Å². The maximum Gasteiger partial charge on any atom is 0.334 e. The third kappa shape index (κ3) is 10.9. The van der Waals surface area contributed by atoms with Crippen LogP contribution in [0.1, 0.15) is 40.0 Å². The molecule has 112 valence electrons. The molecule has 19 heavy (non-hydrogen) atoms. The second kappa shape index (κ2) is 11.2. The van der Waals surface area contributed by atoms with Crippen LogP contribution >= 0.6 is 7.60 Å². The lowest BCUT2D eigenvalue weighted by molar-refractivity contribution is -0.141. The van der Waals surface area contributed by atoms with Crippen molar-refractivity contribution in [3.8, 4) is 0 Å². The lowest BCUT2D eigenvalue weighted by Gasteiger charge is -2.14. The Bertz CT molecular complexity index is 304. The van der Waals surface area contributed by atoms with E-state index in [1.165, 1.54) is 6.92 Å². The highest BCUT2D eigenvalue weighted by atomic mass is 31.2. The third-order valence-electron chi connectivity index (χ3n) is 2.22. The molecule has 0 amide bonds. The van der Waals surface area contributed by atoms with Crippen molar-refractivity contribution < 1.29 is 23.1 Å². The van der Waals surface area contributed by atoms with Gasteiger partial charge in [-0.15, -0.1) is 0 Å². The first kappa shape index (κ1) is 18.4. The number of ether oxygens (including phenoxy) is 1. The number of hydrogen-bond donors (Lipinski definition) is 0. The van der Waals surface area contributed by atoms with Gasteiger partial charge in [0.25, 0.3) is 0 Å². The van der Waals surface area contributed by atoms with Crippen molar-refractivity contribution in [1.82, 2.24) is 0 Å². The van der Waals surface area contributed by atoms with Gasteiger partial charge in [-0.25, -0.2) is 0 Å². The molecule has 0 fully saturated rings. The fourth-order valence-corrected chi connectivity index (χ4v) is 2.92. The van der Waals surface area contributed by atoms with E-state index in [1.54, 1.807) is 13.8 Å². The van der Waals surface area contributed by atoms with E-state index < -0.39 is 7.60 Å². The van der Waals surface area contributed by atoms with E-state index >= 15 is 0 Å². The SMILES string of the molecule is CCOP(=O)(C/C=C/CCCCOC(C)=O)OCC. The van der Waals surface area contributed by atoms with Crippen LogP contribution in [0.15, 0.2) is 12.2 Å². The van der Waals surface area contributed by atoms with Crippen LogP contribution in [-0.2, 0) is 23.1 Å². The van der Waals surface area contributed by atoms with Crippen molar-refractivity contribution in [2.24, 2.45) is 0 Å². The molecule has 0 aliphatic rings. The number of carbonyl (C=O) groups is 1. The van der Waals surface area contributed by atoms with Crippen LogP contribution in [0.4, 0.5) is 0 Å². The second-order valence-electron chi connectivity index (χ2n) is 3.94. The summed E-state index contributed by atoms with van der Waals surface area (Å²) in [4.78, 5) is 10.5. The molecule has 5 nitrogen and oxygen atoms in total. The quantitative estimate of drug-likeness (QED) is 0.252. The topological polar surface area (TPSA) is 61.8 Å². The Morgan fingerprint density at radius 1 is 1.11 bits per heavy atom. The molecular formula is C13H25O5P. The summed E-state index contributed by atoms with van der Waals surface area (Å²) >= 11 is 0. The van der Waals surface area contributed by atoms with Gasteiger partial charge in [-0.05, 0) is 33.1 Å². The molecule has 0 aromatic carbocycles. The molecule has 0 aliphatic carbocycles. The van der Waals surface area contributed by atoms with Crippen molar-refractivity contribution in [1.29, 1.82) is 0 Å².